The minimum atomic E-state index is -0.418. The summed E-state index contributed by atoms with van der Waals surface area (Å²) in [7, 11) is 0. The Bertz CT molecular complexity index is 938. The molecule has 26 heavy (non-hydrogen) atoms. The molecule has 0 unspecified atom stereocenters. The molecule has 3 aromatic rings. The average molecular weight is 389 g/mol. The number of amides is 1. The minimum Gasteiger partial charge on any atom is -0.482 e. The van der Waals surface area contributed by atoms with Crippen LogP contribution in [0.1, 0.15) is 5.76 Å². The van der Waals surface area contributed by atoms with E-state index < -0.39 is 5.91 Å². The van der Waals surface area contributed by atoms with Gasteiger partial charge in [0.25, 0.3) is 5.91 Å². The topological polar surface area (TPSA) is 63.8 Å². The van der Waals surface area contributed by atoms with E-state index in [4.69, 9.17) is 32.4 Å². The molecular formula is C19H14Cl2N2O3. The highest BCUT2D eigenvalue weighted by atomic mass is 35.5. The maximum absolute atomic E-state index is 11.7. The van der Waals surface area contributed by atoms with E-state index in [1.807, 2.05) is 18.2 Å². The second kappa shape index (κ2) is 8.56. The fraction of sp³-hybridized carbons (Fsp3) is 0.0526. The van der Waals surface area contributed by atoms with Crippen LogP contribution in [0.2, 0.25) is 10.0 Å². The van der Waals surface area contributed by atoms with Crippen LogP contribution in [0.15, 0.2) is 70.2 Å². The van der Waals surface area contributed by atoms with E-state index in [1.54, 1.807) is 42.5 Å². The SMILES string of the molecule is O=C(COc1ccccc1Cl)NN=Cc1ccc(-c2ccccc2Cl)o1. The van der Waals surface area contributed by atoms with Gasteiger partial charge in [0.2, 0.25) is 0 Å². The summed E-state index contributed by atoms with van der Waals surface area (Å²) < 4.78 is 11.0. The van der Waals surface area contributed by atoms with E-state index in [9.17, 15) is 4.79 Å². The Morgan fingerprint density at radius 1 is 1.04 bits per heavy atom. The highest BCUT2D eigenvalue weighted by Crippen LogP contribution is 2.28. The quantitative estimate of drug-likeness (QED) is 0.487. The van der Waals surface area contributed by atoms with Gasteiger partial charge in [0.1, 0.15) is 17.3 Å². The first-order valence-corrected chi connectivity index (χ1v) is 8.43. The van der Waals surface area contributed by atoms with Crippen LogP contribution in [0.3, 0.4) is 0 Å². The molecule has 5 nitrogen and oxygen atoms in total. The highest BCUT2D eigenvalue weighted by Gasteiger charge is 2.07. The fourth-order valence-corrected chi connectivity index (χ4v) is 2.55. The molecule has 0 spiro atoms. The number of nitrogens with zero attached hydrogens (tertiary/aromatic N) is 1. The lowest BCUT2D eigenvalue weighted by atomic mass is 10.2. The molecular weight excluding hydrogens is 375 g/mol. The summed E-state index contributed by atoms with van der Waals surface area (Å²) >= 11 is 12.1. The van der Waals surface area contributed by atoms with Gasteiger partial charge >= 0.3 is 0 Å². The van der Waals surface area contributed by atoms with Gasteiger partial charge in [-0.05, 0) is 36.4 Å². The number of benzene rings is 2. The summed E-state index contributed by atoms with van der Waals surface area (Å²) in [5.41, 5.74) is 3.14. The Hall–Kier alpha value is -2.76. The van der Waals surface area contributed by atoms with Crippen molar-refractivity contribution >= 4 is 35.3 Å². The molecule has 0 aliphatic heterocycles. The molecule has 0 fully saturated rings. The van der Waals surface area contributed by atoms with E-state index in [2.05, 4.69) is 10.5 Å². The van der Waals surface area contributed by atoms with Crippen molar-refractivity contribution in [2.24, 2.45) is 5.10 Å². The second-order valence-electron chi connectivity index (χ2n) is 5.19. The van der Waals surface area contributed by atoms with E-state index >= 15 is 0 Å². The van der Waals surface area contributed by atoms with Crippen molar-refractivity contribution in [3.63, 3.8) is 0 Å². The van der Waals surface area contributed by atoms with Crippen LogP contribution in [0.4, 0.5) is 0 Å². The van der Waals surface area contributed by atoms with Crippen molar-refractivity contribution in [1.29, 1.82) is 0 Å². The molecule has 0 saturated heterocycles. The van der Waals surface area contributed by atoms with Gasteiger partial charge in [-0.3, -0.25) is 4.79 Å². The third kappa shape index (κ3) is 4.65. The Morgan fingerprint density at radius 3 is 2.54 bits per heavy atom. The van der Waals surface area contributed by atoms with Crippen molar-refractivity contribution in [2.75, 3.05) is 6.61 Å². The summed E-state index contributed by atoms with van der Waals surface area (Å²) in [6.07, 6.45) is 1.40. The first-order valence-electron chi connectivity index (χ1n) is 7.67. The van der Waals surface area contributed by atoms with Crippen molar-refractivity contribution in [2.45, 2.75) is 0 Å². The number of carbonyl (C=O) groups is 1. The fourth-order valence-electron chi connectivity index (χ4n) is 2.13. The molecule has 132 valence electrons. The number of hydrazone groups is 1. The predicted molar refractivity (Wildman–Crippen MR) is 102 cm³/mol. The van der Waals surface area contributed by atoms with E-state index in [0.717, 1.165) is 5.56 Å². The van der Waals surface area contributed by atoms with Crippen LogP contribution >= 0.6 is 23.2 Å². The van der Waals surface area contributed by atoms with Crippen molar-refractivity contribution < 1.29 is 13.9 Å². The van der Waals surface area contributed by atoms with Crippen LogP contribution in [-0.4, -0.2) is 18.7 Å². The molecule has 1 heterocycles. The van der Waals surface area contributed by atoms with Gasteiger partial charge < -0.3 is 9.15 Å². The van der Waals surface area contributed by atoms with Gasteiger partial charge in [-0.25, -0.2) is 5.43 Å². The number of nitrogens with one attached hydrogen (secondary N) is 1. The zero-order valence-corrected chi connectivity index (χ0v) is 15.0. The number of para-hydroxylation sites is 1. The summed E-state index contributed by atoms with van der Waals surface area (Å²) in [5.74, 6) is 1.11. The smallest absolute Gasteiger partial charge is 0.277 e. The molecule has 0 radical (unpaired) electrons. The molecule has 1 N–H and O–H groups in total. The number of ether oxygens (including phenoxy) is 1. The zero-order chi connectivity index (χ0) is 18.4. The van der Waals surface area contributed by atoms with E-state index in [0.29, 0.717) is 27.3 Å². The standard InChI is InChI=1S/C19H14Cl2N2O3/c20-15-6-2-1-5-14(15)17-10-9-13(26-17)11-22-23-19(24)12-25-18-8-4-3-7-16(18)21/h1-11H,12H2,(H,23,24). The number of rotatable bonds is 6. The first kappa shape index (κ1) is 18.0. The molecule has 0 aliphatic rings. The molecule has 1 amide bonds. The lowest BCUT2D eigenvalue weighted by molar-refractivity contribution is -0.123. The monoisotopic (exact) mass is 388 g/mol. The van der Waals surface area contributed by atoms with Crippen LogP contribution in [0, 0.1) is 0 Å². The summed E-state index contributed by atoms with van der Waals surface area (Å²) in [6, 6.07) is 17.8. The second-order valence-corrected chi connectivity index (χ2v) is 6.01. The number of halogens is 2. The average Bonchev–Trinajstić information content (AvgIpc) is 3.10. The normalized spacial score (nSPS) is 10.8. The predicted octanol–water partition coefficient (Wildman–Crippen LogP) is 4.78. The summed E-state index contributed by atoms with van der Waals surface area (Å²) in [6.45, 7) is -0.204. The van der Waals surface area contributed by atoms with E-state index in [1.165, 1.54) is 6.21 Å². The largest absolute Gasteiger partial charge is 0.482 e. The molecule has 3 rings (SSSR count). The summed E-state index contributed by atoms with van der Waals surface area (Å²) in [5, 5.41) is 4.87. The minimum absolute atomic E-state index is 0.204. The third-order valence-electron chi connectivity index (χ3n) is 3.34. The van der Waals surface area contributed by atoms with Crippen LogP contribution < -0.4 is 10.2 Å². The van der Waals surface area contributed by atoms with E-state index in [-0.39, 0.29) is 6.61 Å². The molecule has 0 aliphatic carbocycles. The molecule has 0 bridgehead atoms. The third-order valence-corrected chi connectivity index (χ3v) is 3.98. The maximum atomic E-state index is 11.7. The van der Waals surface area contributed by atoms with Gasteiger partial charge in [0.15, 0.2) is 6.61 Å². The van der Waals surface area contributed by atoms with Crippen molar-refractivity contribution in [1.82, 2.24) is 5.43 Å². The van der Waals surface area contributed by atoms with Gasteiger partial charge in [-0.2, -0.15) is 5.10 Å². The Kier molecular flexibility index (Phi) is 5.94. The van der Waals surface area contributed by atoms with Crippen molar-refractivity contribution in [3.05, 3.63) is 76.5 Å². The lowest BCUT2D eigenvalue weighted by Gasteiger charge is -2.06. The van der Waals surface area contributed by atoms with Gasteiger partial charge in [0.05, 0.1) is 16.3 Å². The van der Waals surface area contributed by atoms with Gasteiger partial charge in [-0.15, -0.1) is 0 Å². The molecule has 7 heteroatoms. The first-order chi connectivity index (χ1) is 12.6. The van der Waals surface area contributed by atoms with Crippen LogP contribution in [0.25, 0.3) is 11.3 Å². The lowest BCUT2D eigenvalue weighted by Crippen LogP contribution is -2.24. The van der Waals surface area contributed by atoms with Gasteiger partial charge in [-0.1, -0.05) is 47.5 Å². The number of furan rings is 1. The molecule has 2 aromatic carbocycles. The summed E-state index contributed by atoms with van der Waals surface area (Å²) in [4.78, 5) is 11.7. The molecule has 1 aromatic heterocycles. The Morgan fingerprint density at radius 2 is 1.77 bits per heavy atom. The molecule has 0 saturated carbocycles. The highest BCUT2D eigenvalue weighted by molar-refractivity contribution is 6.33. The van der Waals surface area contributed by atoms with Gasteiger partial charge in [0, 0.05) is 5.56 Å². The maximum Gasteiger partial charge on any atom is 0.277 e. The van der Waals surface area contributed by atoms with Crippen molar-refractivity contribution in [3.8, 4) is 17.1 Å². The number of hydrogen-bond donors (Lipinski definition) is 1. The molecule has 0 atom stereocenters. The van der Waals surface area contributed by atoms with Crippen LogP contribution in [-0.2, 0) is 4.79 Å². The Labute approximate surface area is 160 Å². The Balaban J connectivity index is 1.53. The van der Waals surface area contributed by atoms with Crippen LogP contribution in [0.5, 0.6) is 5.75 Å². The number of carbonyl (C=O) groups excluding carboxylic acids is 1. The zero-order valence-electron chi connectivity index (χ0n) is 13.5. The number of hydrogen-bond acceptors (Lipinski definition) is 4.